The Kier molecular flexibility index (Phi) is 3.81. The number of hydrogen-bond acceptors (Lipinski definition) is 4. The van der Waals surface area contributed by atoms with Crippen molar-refractivity contribution in [2.45, 2.75) is 12.5 Å². The molecule has 1 aromatic carbocycles. The van der Waals surface area contributed by atoms with E-state index in [0.29, 0.717) is 22.2 Å². The van der Waals surface area contributed by atoms with E-state index in [0.717, 1.165) is 4.57 Å². The summed E-state index contributed by atoms with van der Waals surface area (Å²) in [5, 5.41) is 0.413. The standard InChI is InChI=1S/C15H14F3N5/c16-5-11(13(17)18)23-6-10(8-1-3-9(19)4-2-8)12-14(20)21-7-22-15(12)23/h1-4,6-7,11,13H,5,19H2,(H2,20,21,22). The molecule has 2 aromatic heterocycles. The third-order valence-corrected chi connectivity index (χ3v) is 3.67. The van der Waals surface area contributed by atoms with E-state index in [1.807, 2.05) is 0 Å². The molecule has 0 fully saturated rings. The van der Waals surface area contributed by atoms with Gasteiger partial charge in [0.1, 0.15) is 30.5 Å². The molecule has 5 nitrogen and oxygen atoms in total. The SMILES string of the molecule is Nc1ccc(-c2cn(C(CF)C(F)F)c3ncnc(N)c23)cc1. The minimum Gasteiger partial charge on any atom is -0.399 e. The molecule has 0 saturated carbocycles. The van der Waals surface area contributed by atoms with Crippen LogP contribution in [0.1, 0.15) is 6.04 Å². The van der Waals surface area contributed by atoms with Gasteiger partial charge in [0, 0.05) is 17.4 Å². The highest BCUT2D eigenvalue weighted by molar-refractivity contribution is 6.00. The van der Waals surface area contributed by atoms with E-state index in [1.165, 1.54) is 12.5 Å². The molecule has 0 amide bonds. The molecule has 0 spiro atoms. The quantitative estimate of drug-likeness (QED) is 0.724. The molecule has 3 aromatic rings. The first-order valence-corrected chi connectivity index (χ1v) is 6.84. The second-order valence-corrected chi connectivity index (χ2v) is 5.09. The van der Waals surface area contributed by atoms with Crippen molar-refractivity contribution in [2.24, 2.45) is 0 Å². The van der Waals surface area contributed by atoms with E-state index in [1.54, 1.807) is 24.3 Å². The molecule has 120 valence electrons. The number of aromatic nitrogens is 3. The van der Waals surface area contributed by atoms with Crippen LogP contribution in [0.15, 0.2) is 36.8 Å². The van der Waals surface area contributed by atoms with E-state index in [9.17, 15) is 13.2 Å². The van der Waals surface area contributed by atoms with Crippen LogP contribution in [0.25, 0.3) is 22.2 Å². The number of benzene rings is 1. The van der Waals surface area contributed by atoms with Crippen LogP contribution >= 0.6 is 0 Å². The molecule has 0 aliphatic carbocycles. The predicted octanol–water partition coefficient (Wildman–Crippen LogP) is 3.04. The molecule has 0 aliphatic heterocycles. The second kappa shape index (κ2) is 5.79. The smallest absolute Gasteiger partial charge is 0.261 e. The Balaban J connectivity index is 2.28. The molecule has 3 rings (SSSR count). The monoisotopic (exact) mass is 321 g/mol. The lowest BCUT2D eigenvalue weighted by Crippen LogP contribution is -2.19. The Labute approximate surface area is 129 Å². The lowest BCUT2D eigenvalue weighted by molar-refractivity contribution is 0.0705. The minimum absolute atomic E-state index is 0.146. The number of alkyl halides is 3. The summed E-state index contributed by atoms with van der Waals surface area (Å²) >= 11 is 0. The van der Waals surface area contributed by atoms with Crippen molar-refractivity contribution in [2.75, 3.05) is 18.1 Å². The summed E-state index contributed by atoms with van der Waals surface area (Å²) in [5.74, 6) is 0.146. The number of halogens is 3. The summed E-state index contributed by atoms with van der Waals surface area (Å²) in [6.45, 7) is -1.22. The summed E-state index contributed by atoms with van der Waals surface area (Å²) in [6, 6.07) is 5.19. The summed E-state index contributed by atoms with van der Waals surface area (Å²) in [6.07, 6.45) is -0.273. The Morgan fingerprint density at radius 3 is 2.39 bits per heavy atom. The largest absolute Gasteiger partial charge is 0.399 e. The van der Waals surface area contributed by atoms with E-state index in [2.05, 4.69) is 9.97 Å². The molecule has 8 heteroatoms. The Morgan fingerprint density at radius 2 is 1.78 bits per heavy atom. The van der Waals surface area contributed by atoms with Crippen molar-refractivity contribution in [3.63, 3.8) is 0 Å². The predicted molar refractivity (Wildman–Crippen MR) is 82.8 cm³/mol. The van der Waals surface area contributed by atoms with Crippen LogP contribution in [0.4, 0.5) is 24.7 Å². The number of hydrogen-bond donors (Lipinski definition) is 2. The molecule has 4 N–H and O–H groups in total. The molecule has 0 radical (unpaired) electrons. The first kappa shape index (κ1) is 15.1. The van der Waals surface area contributed by atoms with Crippen molar-refractivity contribution in [1.82, 2.24) is 14.5 Å². The average Bonchev–Trinajstić information content (AvgIpc) is 2.89. The van der Waals surface area contributed by atoms with Crippen LogP contribution in [0.3, 0.4) is 0 Å². The molecule has 0 saturated heterocycles. The zero-order valence-electron chi connectivity index (χ0n) is 12.0. The van der Waals surface area contributed by atoms with Gasteiger partial charge in [0.25, 0.3) is 6.43 Å². The van der Waals surface area contributed by atoms with Gasteiger partial charge in [0.2, 0.25) is 0 Å². The highest BCUT2D eigenvalue weighted by Gasteiger charge is 2.26. The van der Waals surface area contributed by atoms with Gasteiger partial charge in [-0.05, 0) is 17.7 Å². The Hall–Kier alpha value is -2.77. The molecule has 0 aliphatic rings. The van der Waals surface area contributed by atoms with Gasteiger partial charge >= 0.3 is 0 Å². The van der Waals surface area contributed by atoms with Gasteiger partial charge < -0.3 is 16.0 Å². The summed E-state index contributed by atoms with van der Waals surface area (Å²) in [4.78, 5) is 7.91. The van der Waals surface area contributed by atoms with Crippen LogP contribution in [-0.4, -0.2) is 27.6 Å². The molecular weight excluding hydrogens is 307 g/mol. The van der Waals surface area contributed by atoms with E-state index in [4.69, 9.17) is 11.5 Å². The van der Waals surface area contributed by atoms with Crippen LogP contribution < -0.4 is 11.5 Å². The summed E-state index contributed by atoms with van der Waals surface area (Å²) in [5.41, 5.74) is 13.5. The highest BCUT2D eigenvalue weighted by atomic mass is 19.3. The van der Waals surface area contributed by atoms with Crippen molar-refractivity contribution >= 4 is 22.5 Å². The molecular formula is C15H14F3N5. The van der Waals surface area contributed by atoms with Crippen LogP contribution in [0, 0.1) is 0 Å². The molecule has 23 heavy (non-hydrogen) atoms. The fourth-order valence-electron chi connectivity index (χ4n) is 2.51. The second-order valence-electron chi connectivity index (χ2n) is 5.09. The third-order valence-electron chi connectivity index (χ3n) is 3.67. The highest BCUT2D eigenvalue weighted by Crippen LogP contribution is 2.35. The van der Waals surface area contributed by atoms with Crippen molar-refractivity contribution in [3.05, 3.63) is 36.8 Å². The molecule has 0 bridgehead atoms. The lowest BCUT2D eigenvalue weighted by atomic mass is 10.1. The topological polar surface area (TPSA) is 82.8 Å². The van der Waals surface area contributed by atoms with Crippen LogP contribution in [0.5, 0.6) is 0 Å². The van der Waals surface area contributed by atoms with E-state index in [-0.39, 0.29) is 11.5 Å². The minimum atomic E-state index is -2.87. The van der Waals surface area contributed by atoms with Gasteiger partial charge in [-0.25, -0.2) is 23.1 Å². The number of anilines is 2. The van der Waals surface area contributed by atoms with Gasteiger partial charge in [-0.3, -0.25) is 0 Å². The van der Waals surface area contributed by atoms with Gasteiger partial charge in [0.15, 0.2) is 0 Å². The normalized spacial score (nSPS) is 12.9. The van der Waals surface area contributed by atoms with E-state index < -0.39 is 19.1 Å². The van der Waals surface area contributed by atoms with Crippen molar-refractivity contribution in [3.8, 4) is 11.1 Å². The third kappa shape index (κ3) is 2.56. The van der Waals surface area contributed by atoms with Gasteiger partial charge in [-0.2, -0.15) is 0 Å². The van der Waals surface area contributed by atoms with Gasteiger partial charge in [-0.15, -0.1) is 0 Å². The number of nitrogens with zero attached hydrogens (tertiary/aromatic N) is 3. The number of rotatable bonds is 4. The molecule has 1 unspecified atom stereocenters. The van der Waals surface area contributed by atoms with Crippen LogP contribution in [0.2, 0.25) is 0 Å². The molecule has 1 atom stereocenters. The number of nitrogens with two attached hydrogens (primary N) is 2. The zero-order chi connectivity index (χ0) is 16.6. The summed E-state index contributed by atoms with van der Waals surface area (Å²) in [7, 11) is 0. The fourth-order valence-corrected chi connectivity index (χ4v) is 2.51. The van der Waals surface area contributed by atoms with E-state index >= 15 is 0 Å². The maximum absolute atomic E-state index is 13.1. The summed E-state index contributed by atoms with van der Waals surface area (Å²) < 4.78 is 40.5. The first-order chi connectivity index (χ1) is 11.0. The van der Waals surface area contributed by atoms with Crippen molar-refractivity contribution < 1.29 is 13.2 Å². The molecule has 2 heterocycles. The zero-order valence-corrected chi connectivity index (χ0v) is 12.0. The maximum atomic E-state index is 13.1. The lowest BCUT2D eigenvalue weighted by Gasteiger charge is -2.14. The van der Waals surface area contributed by atoms with Crippen LogP contribution in [-0.2, 0) is 0 Å². The average molecular weight is 321 g/mol. The fraction of sp³-hybridized carbons (Fsp3) is 0.200. The van der Waals surface area contributed by atoms with Gasteiger partial charge in [0.05, 0.1) is 5.39 Å². The van der Waals surface area contributed by atoms with Crippen molar-refractivity contribution in [1.29, 1.82) is 0 Å². The number of nitrogen functional groups attached to an aromatic ring is 2. The van der Waals surface area contributed by atoms with Gasteiger partial charge in [-0.1, -0.05) is 12.1 Å². The Bertz CT molecular complexity index is 829. The number of fused-ring (bicyclic) bond motifs is 1. The Morgan fingerprint density at radius 1 is 1.09 bits per heavy atom. The maximum Gasteiger partial charge on any atom is 0.261 e. The first-order valence-electron chi connectivity index (χ1n) is 6.84.